The molecule has 2 amide bonds. The Bertz CT molecular complexity index is 1460. The summed E-state index contributed by atoms with van der Waals surface area (Å²) in [4.78, 5) is 29.7. The summed E-state index contributed by atoms with van der Waals surface area (Å²) in [5.74, 6) is -1.76. The molecule has 0 bridgehead atoms. The molecule has 6 nitrogen and oxygen atoms in total. The maximum atomic E-state index is 13.6. The van der Waals surface area contributed by atoms with Gasteiger partial charge in [0.15, 0.2) is 0 Å². The largest absolute Gasteiger partial charge is 0.496 e. The molecule has 1 aliphatic rings. The third kappa shape index (κ3) is 5.82. The first-order valence-corrected chi connectivity index (χ1v) is 12.5. The molecular weight excluding hydrogens is 554 g/mol. The van der Waals surface area contributed by atoms with E-state index < -0.39 is 35.4 Å². The second kappa shape index (κ2) is 11.2. The fraction of sp³-hybridized carbons (Fsp3) is 0.250. The van der Waals surface area contributed by atoms with Crippen molar-refractivity contribution in [2.75, 3.05) is 27.2 Å². The molecule has 2 atom stereocenters. The summed E-state index contributed by atoms with van der Waals surface area (Å²) in [7, 11) is 2.61. The topological polar surface area (TPSA) is 73.6 Å². The molecule has 0 aromatic heterocycles. The SMILES string of the molecule is COc1ccc(C(=O)N(C)C2CN(C(=O)c3ccc(C#N)cc3)CC2c2ccc(Cl)c(Cl)c2)cc1C(F)(F)F. The van der Waals surface area contributed by atoms with Gasteiger partial charge in [0.05, 0.1) is 40.4 Å². The Morgan fingerprint density at radius 3 is 2.26 bits per heavy atom. The smallest absolute Gasteiger partial charge is 0.419 e. The van der Waals surface area contributed by atoms with Gasteiger partial charge in [-0.3, -0.25) is 9.59 Å². The van der Waals surface area contributed by atoms with Crippen LogP contribution < -0.4 is 4.74 Å². The monoisotopic (exact) mass is 575 g/mol. The summed E-state index contributed by atoms with van der Waals surface area (Å²) in [6.45, 7) is 0.337. The number of likely N-dealkylation sites (tertiary alicyclic amines) is 1. The van der Waals surface area contributed by atoms with Crippen LogP contribution in [0.25, 0.3) is 0 Å². The maximum Gasteiger partial charge on any atom is 0.419 e. The fourth-order valence-electron chi connectivity index (χ4n) is 4.70. The molecule has 0 saturated carbocycles. The van der Waals surface area contributed by atoms with Crippen LogP contribution in [-0.4, -0.2) is 54.9 Å². The quantitative estimate of drug-likeness (QED) is 0.359. The van der Waals surface area contributed by atoms with Gasteiger partial charge in [-0.05, 0) is 60.2 Å². The molecule has 1 aliphatic heterocycles. The molecule has 1 heterocycles. The number of rotatable bonds is 5. The molecule has 3 aromatic carbocycles. The predicted molar refractivity (Wildman–Crippen MR) is 140 cm³/mol. The number of hydrogen-bond acceptors (Lipinski definition) is 4. The van der Waals surface area contributed by atoms with Crippen LogP contribution in [0, 0.1) is 11.3 Å². The third-order valence-electron chi connectivity index (χ3n) is 6.78. The average Bonchev–Trinajstić information content (AvgIpc) is 3.38. The van der Waals surface area contributed by atoms with Crippen LogP contribution in [0.1, 0.15) is 43.3 Å². The van der Waals surface area contributed by atoms with Gasteiger partial charge in [-0.15, -0.1) is 0 Å². The third-order valence-corrected chi connectivity index (χ3v) is 7.52. The first-order valence-electron chi connectivity index (χ1n) is 11.7. The van der Waals surface area contributed by atoms with Crippen molar-refractivity contribution in [2.45, 2.75) is 18.1 Å². The highest BCUT2D eigenvalue weighted by molar-refractivity contribution is 6.42. The number of likely N-dealkylation sites (N-methyl/N-ethyl adjacent to an activating group) is 1. The van der Waals surface area contributed by atoms with Gasteiger partial charge >= 0.3 is 6.18 Å². The van der Waals surface area contributed by atoms with Gasteiger partial charge in [0.2, 0.25) is 0 Å². The van der Waals surface area contributed by atoms with E-state index in [1.807, 2.05) is 6.07 Å². The van der Waals surface area contributed by atoms with Crippen LogP contribution in [0.5, 0.6) is 5.75 Å². The number of nitriles is 1. The molecule has 0 aliphatic carbocycles. The van der Waals surface area contributed by atoms with Gasteiger partial charge in [0, 0.05) is 37.2 Å². The lowest BCUT2D eigenvalue weighted by Gasteiger charge is -2.29. The molecule has 39 heavy (non-hydrogen) atoms. The van der Waals surface area contributed by atoms with Gasteiger partial charge in [-0.25, -0.2) is 0 Å². The lowest BCUT2D eigenvalue weighted by Crippen LogP contribution is -2.42. The first-order chi connectivity index (χ1) is 18.4. The number of benzene rings is 3. The molecule has 0 N–H and O–H groups in total. The number of methoxy groups -OCH3 is 1. The Balaban J connectivity index is 1.68. The van der Waals surface area contributed by atoms with Crippen molar-refractivity contribution < 1.29 is 27.5 Å². The molecule has 1 fully saturated rings. The molecule has 11 heteroatoms. The van der Waals surface area contributed by atoms with E-state index in [9.17, 15) is 22.8 Å². The van der Waals surface area contributed by atoms with Crippen molar-refractivity contribution in [2.24, 2.45) is 0 Å². The number of alkyl halides is 3. The molecule has 4 rings (SSSR count). The van der Waals surface area contributed by atoms with E-state index >= 15 is 0 Å². The number of ether oxygens (including phenoxy) is 1. The lowest BCUT2D eigenvalue weighted by molar-refractivity contribution is -0.138. The minimum atomic E-state index is -4.72. The van der Waals surface area contributed by atoms with Gasteiger partial charge in [0.25, 0.3) is 11.8 Å². The van der Waals surface area contributed by atoms with Gasteiger partial charge in [0.1, 0.15) is 5.75 Å². The van der Waals surface area contributed by atoms with E-state index in [4.69, 9.17) is 33.2 Å². The van der Waals surface area contributed by atoms with Crippen LogP contribution in [0.2, 0.25) is 10.0 Å². The number of amides is 2. The number of nitrogens with zero attached hydrogens (tertiary/aromatic N) is 3. The number of hydrogen-bond donors (Lipinski definition) is 0. The van der Waals surface area contributed by atoms with Crippen molar-refractivity contribution in [3.8, 4) is 11.8 Å². The zero-order valence-corrected chi connectivity index (χ0v) is 22.3. The van der Waals surface area contributed by atoms with E-state index in [0.29, 0.717) is 21.2 Å². The van der Waals surface area contributed by atoms with Crippen LogP contribution in [-0.2, 0) is 6.18 Å². The van der Waals surface area contributed by atoms with E-state index in [0.717, 1.165) is 24.8 Å². The van der Waals surface area contributed by atoms with Crippen molar-refractivity contribution >= 4 is 35.0 Å². The molecule has 202 valence electrons. The van der Waals surface area contributed by atoms with Gasteiger partial charge in [-0.2, -0.15) is 18.4 Å². The predicted octanol–water partition coefficient (Wildman–Crippen LogP) is 6.27. The number of carbonyl (C=O) groups is 2. The summed E-state index contributed by atoms with van der Waals surface area (Å²) >= 11 is 12.3. The van der Waals surface area contributed by atoms with Gasteiger partial charge < -0.3 is 14.5 Å². The van der Waals surface area contributed by atoms with Crippen molar-refractivity contribution in [3.63, 3.8) is 0 Å². The Morgan fingerprint density at radius 1 is 1.00 bits per heavy atom. The Labute approximate surface area is 233 Å². The Kier molecular flexibility index (Phi) is 8.09. The summed E-state index contributed by atoms with van der Waals surface area (Å²) in [6, 6.07) is 15.7. The Hall–Kier alpha value is -3.74. The summed E-state index contributed by atoms with van der Waals surface area (Å²) in [6.07, 6.45) is -4.72. The highest BCUT2D eigenvalue weighted by atomic mass is 35.5. The molecular formula is C28H22Cl2F3N3O3. The zero-order valence-electron chi connectivity index (χ0n) is 20.8. The molecule has 0 radical (unpaired) electrons. The fourth-order valence-corrected chi connectivity index (χ4v) is 5.01. The molecule has 1 saturated heterocycles. The van der Waals surface area contributed by atoms with E-state index in [2.05, 4.69) is 0 Å². The summed E-state index contributed by atoms with van der Waals surface area (Å²) in [5, 5.41) is 9.67. The molecule has 3 aromatic rings. The second-order valence-corrected chi connectivity index (χ2v) is 9.89. The normalized spacial score (nSPS) is 17.0. The van der Waals surface area contributed by atoms with Crippen LogP contribution >= 0.6 is 23.2 Å². The highest BCUT2D eigenvalue weighted by Crippen LogP contribution is 2.38. The van der Waals surface area contributed by atoms with Crippen molar-refractivity contribution in [1.29, 1.82) is 5.26 Å². The van der Waals surface area contributed by atoms with Gasteiger partial charge in [-0.1, -0.05) is 29.3 Å². The zero-order chi connectivity index (χ0) is 28.5. The number of halogens is 5. The standard InChI is InChI=1S/C28H22Cl2F3N3O3/c1-35(26(37)19-8-10-25(39-2)21(11-19)28(31,32)33)24-15-36(27(38)17-5-3-16(13-34)4-6-17)14-20(24)18-7-9-22(29)23(30)12-18/h3-12,20,24H,14-15H2,1-2H3. The van der Waals surface area contributed by atoms with E-state index in [1.54, 1.807) is 35.2 Å². The first kappa shape index (κ1) is 28.3. The minimum absolute atomic E-state index is 0.119. The average molecular weight is 576 g/mol. The Morgan fingerprint density at radius 2 is 1.67 bits per heavy atom. The lowest BCUT2D eigenvalue weighted by atomic mass is 9.93. The van der Waals surface area contributed by atoms with Crippen molar-refractivity contribution in [1.82, 2.24) is 9.80 Å². The molecule has 0 spiro atoms. The van der Waals surface area contributed by atoms with E-state index in [1.165, 1.54) is 30.1 Å². The van der Waals surface area contributed by atoms with Crippen molar-refractivity contribution in [3.05, 3.63) is 98.5 Å². The molecule has 2 unspecified atom stereocenters. The second-order valence-electron chi connectivity index (χ2n) is 9.08. The summed E-state index contributed by atoms with van der Waals surface area (Å²) < 4.78 is 45.6. The number of carbonyl (C=O) groups excluding carboxylic acids is 2. The van der Waals surface area contributed by atoms with Crippen LogP contribution in [0.3, 0.4) is 0 Å². The van der Waals surface area contributed by atoms with Crippen LogP contribution in [0.15, 0.2) is 60.7 Å². The van der Waals surface area contributed by atoms with E-state index in [-0.39, 0.29) is 24.6 Å². The summed E-state index contributed by atoms with van der Waals surface area (Å²) in [5.41, 5.74) is 0.253. The van der Waals surface area contributed by atoms with Crippen LogP contribution in [0.4, 0.5) is 13.2 Å². The maximum absolute atomic E-state index is 13.6. The minimum Gasteiger partial charge on any atom is -0.496 e. The highest BCUT2D eigenvalue weighted by Gasteiger charge is 2.41.